The number of nitrogens with zero attached hydrogens (tertiary/aromatic N) is 1. The van der Waals surface area contributed by atoms with Gasteiger partial charge in [-0.25, -0.2) is 0 Å². The van der Waals surface area contributed by atoms with Gasteiger partial charge in [0.2, 0.25) is 0 Å². The van der Waals surface area contributed by atoms with Crippen LogP contribution in [0, 0.1) is 0 Å². The number of aryl methyl sites for hydroxylation is 1. The molecular formula is C13H21N. The Morgan fingerprint density at radius 2 is 2.07 bits per heavy atom. The van der Waals surface area contributed by atoms with E-state index in [0.717, 1.165) is 6.42 Å². The summed E-state index contributed by atoms with van der Waals surface area (Å²) >= 11 is 0. The topological polar surface area (TPSA) is 12.9 Å². The number of hydrogen-bond acceptors (Lipinski definition) is 1. The lowest BCUT2D eigenvalue weighted by atomic mass is 10.00. The molecular weight excluding hydrogens is 170 g/mol. The van der Waals surface area contributed by atoms with Crippen molar-refractivity contribution >= 4 is 0 Å². The zero-order valence-corrected chi connectivity index (χ0v) is 9.59. The highest BCUT2D eigenvalue weighted by Crippen LogP contribution is 2.19. The van der Waals surface area contributed by atoms with Crippen LogP contribution < -0.4 is 0 Å². The zero-order valence-electron chi connectivity index (χ0n) is 9.59. The summed E-state index contributed by atoms with van der Waals surface area (Å²) < 4.78 is 0. The smallest absolute Gasteiger partial charge is 0.0435 e. The van der Waals surface area contributed by atoms with Crippen LogP contribution in [0.25, 0.3) is 0 Å². The molecule has 1 atom stereocenters. The Kier molecular flexibility index (Phi) is 4.64. The van der Waals surface area contributed by atoms with Crippen molar-refractivity contribution in [3.8, 4) is 0 Å². The van der Waals surface area contributed by atoms with Gasteiger partial charge in [0.25, 0.3) is 0 Å². The predicted molar refractivity (Wildman–Crippen MR) is 61.6 cm³/mol. The predicted octanol–water partition coefficient (Wildman–Crippen LogP) is 3.94. The first-order valence-electron chi connectivity index (χ1n) is 5.73. The molecule has 1 rings (SSSR count). The van der Waals surface area contributed by atoms with Crippen LogP contribution in [0.5, 0.6) is 0 Å². The Labute approximate surface area is 87.6 Å². The zero-order chi connectivity index (χ0) is 10.4. The second kappa shape index (κ2) is 5.79. The fourth-order valence-corrected chi connectivity index (χ4v) is 1.63. The number of pyridine rings is 1. The minimum Gasteiger partial charge on any atom is -0.258 e. The second-order valence-corrected chi connectivity index (χ2v) is 3.95. The second-order valence-electron chi connectivity index (χ2n) is 3.95. The molecule has 0 fully saturated rings. The van der Waals surface area contributed by atoms with Crippen LogP contribution in [0.15, 0.2) is 18.2 Å². The van der Waals surface area contributed by atoms with E-state index in [1.165, 1.54) is 30.7 Å². The highest BCUT2D eigenvalue weighted by atomic mass is 14.7. The highest BCUT2D eigenvalue weighted by molar-refractivity contribution is 5.14. The molecule has 0 aliphatic carbocycles. The summed E-state index contributed by atoms with van der Waals surface area (Å²) in [6.07, 6.45) is 4.88. The fraction of sp³-hybridized carbons (Fsp3) is 0.615. The van der Waals surface area contributed by atoms with Gasteiger partial charge in [-0.2, -0.15) is 0 Å². The van der Waals surface area contributed by atoms with E-state index in [2.05, 4.69) is 44.0 Å². The molecule has 1 heteroatoms. The lowest BCUT2D eigenvalue weighted by Gasteiger charge is -2.10. The molecule has 1 unspecified atom stereocenters. The molecule has 1 aromatic rings. The molecule has 0 saturated heterocycles. The molecule has 0 aliphatic heterocycles. The van der Waals surface area contributed by atoms with Crippen molar-refractivity contribution < 1.29 is 0 Å². The third-order valence-corrected chi connectivity index (χ3v) is 2.69. The van der Waals surface area contributed by atoms with Gasteiger partial charge in [-0.3, -0.25) is 4.98 Å². The molecule has 0 radical (unpaired) electrons. The summed E-state index contributed by atoms with van der Waals surface area (Å²) in [5, 5.41) is 0. The average molecular weight is 191 g/mol. The first kappa shape index (κ1) is 11.2. The molecule has 0 spiro atoms. The van der Waals surface area contributed by atoms with Crippen LogP contribution in [0.1, 0.15) is 57.3 Å². The lowest BCUT2D eigenvalue weighted by Crippen LogP contribution is -1.99. The van der Waals surface area contributed by atoms with Crippen LogP contribution in [-0.2, 0) is 6.42 Å². The molecule has 1 aromatic heterocycles. The van der Waals surface area contributed by atoms with E-state index in [4.69, 9.17) is 0 Å². The summed E-state index contributed by atoms with van der Waals surface area (Å²) in [6, 6.07) is 6.39. The van der Waals surface area contributed by atoms with Crippen LogP contribution >= 0.6 is 0 Å². The van der Waals surface area contributed by atoms with Crippen LogP contribution in [0.2, 0.25) is 0 Å². The lowest BCUT2D eigenvalue weighted by molar-refractivity contribution is 0.609. The summed E-state index contributed by atoms with van der Waals surface area (Å²) in [5.74, 6) is 0.612. The van der Waals surface area contributed by atoms with Gasteiger partial charge in [-0.15, -0.1) is 0 Å². The normalized spacial score (nSPS) is 12.8. The van der Waals surface area contributed by atoms with Gasteiger partial charge in [-0.05, 0) is 30.9 Å². The number of unbranched alkanes of at least 4 members (excludes halogenated alkanes) is 1. The van der Waals surface area contributed by atoms with Gasteiger partial charge < -0.3 is 0 Å². The maximum atomic E-state index is 4.64. The molecule has 0 aliphatic rings. The number of hydrogen-bond donors (Lipinski definition) is 0. The summed E-state index contributed by atoms with van der Waals surface area (Å²) in [5.41, 5.74) is 2.48. The average Bonchev–Trinajstić information content (AvgIpc) is 2.26. The fourth-order valence-electron chi connectivity index (χ4n) is 1.63. The Morgan fingerprint density at radius 1 is 1.29 bits per heavy atom. The minimum atomic E-state index is 0.612. The van der Waals surface area contributed by atoms with Gasteiger partial charge in [-0.1, -0.05) is 39.7 Å². The van der Waals surface area contributed by atoms with E-state index in [-0.39, 0.29) is 0 Å². The number of aromatic nitrogens is 1. The van der Waals surface area contributed by atoms with Crippen molar-refractivity contribution in [3.05, 3.63) is 29.6 Å². The van der Waals surface area contributed by atoms with Gasteiger partial charge in [0.15, 0.2) is 0 Å². The Hall–Kier alpha value is -0.850. The van der Waals surface area contributed by atoms with Crippen LogP contribution in [0.3, 0.4) is 0 Å². The molecule has 14 heavy (non-hydrogen) atoms. The standard InChI is InChI=1S/C13H21N/c1-4-6-8-11(3)13-10-7-9-12(5-2)14-13/h7,9-11H,4-6,8H2,1-3H3. The van der Waals surface area contributed by atoms with Crippen LogP contribution in [-0.4, -0.2) is 4.98 Å². The van der Waals surface area contributed by atoms with E-state index in [1.807, 2.05) is 0 Å². The monoisotopic (exact) mass is 191 g/mol. The van der Waals surface area contributed by atoms with Crippen molar-refractivity contribution in [2.75, 3.05) is 0 Å². The van der Waals surface area contributed by atoms with E-state index >= 15 is 0 Å². The molecule has 0 aromatic carbocycles. The first-order chi connectivity index (χ1) is 6.77. The third kappa shape index (κ3) is 3.13. The van der Waals surface area contributed by atoms with Gasteiger partial charge in [0.1, 0.15) is 0 Å². The molecule has 1 heterocycles. The van der Waals surface area contributed by atoms with E-state index in [0.29, 0.717) is 5.92 Å². The Morgan fingerprint density at radius 3 is 2.71 bits per heavy atom. The molecule has 0 N–H and O–H groups in total. The third-order valence-electron chi connectivity index (χ3n) is 2.69. The van der Waals surface area contributed by atoms with Crippen molar-refractivity contribution in [1.29, 1.82) is 0 Å². The summed E-state index contributed by atoms with van der Waals surface area (Å²) in [4.78, 5) is 4.64. The number of rotatable bonds is 5. The van der Waals surface area contributed by atoms with Crippen molar-refractivity contribution in [2.24, 2.45) is 0 Å². The molecule has 0 saturated carbocycles. The van der Waals surface area contributed by atoms with Gasteiger partial charge >= 0.3 is 0 Å². The highest BCUT2D eigenvalue weighted by Gasteiger charge is 2.06. The van der Waals surface area contributed by atoms with Crippen molar-refractivity contribution in [2.45, 2.75) is 52.4 Å². The first-order valence-corrected chi connectivity index (χ1v) is 5.73. The maximum Gasteiger partial charge on any atom is 0.0435 e. The van der Waals surface area contributed by atoms with Crippen molar-refractivity contribution in [3.63, 3.8) is 0 Å². The van der Waals surface area contributed by atoms with E-state index < -0.39 is 0 Å². The largest absolute Gasteiger partial charge is 0.258 e. The minimum absolute atomic E-state index is 0.612. The summed E-state index contributed by atoms with van der Waals surface area (Å²) in [6.45, 7) is 6.67. The van der Waals surface area contributed by atoms with E-state index in [9.17, 15) is 0 Å². The molecule has 0 bridgehead atoms. The van der Waals surface area contributed by atoms with Gasteiger partial charge in [0, 0.05) is 11.4 Å². The Balaban J connectivity index is 2.64. The summed E-state index contributed by atoms with van der Waals surface area (Å²) in [7, 11) is 0. The molecule has 0 amide bonds. The molecule has 1 nitrogen and oxygen atoms in total. The van der Waals surface area contributed by atoms with Gasteiger partial charge in [0.05, 0.1) is 0 Å². The SMILES string of the molecule is CCCCC(C)c1cccc(CC)n1. The Bertz CT molecular complexity index is 268. The van der Waals surface area contributed by atoms with Crippen molar-refractivity contribution in [1.82, 2.24) is 4.98 Å². The van der Waals surface area contributed by atoms with Crippen LogP contribution in [0.4, 0.5) is 0 Å². The van der Waals surface area contributed by atoms with E-state index in [1.54, 1.807) is 0 Å². The quantitative estimate of drug-likeness (QED) is 0.687. The molecule has 78 valence electrons. The maximum absolute atomic E-state index is 4.64.